The summed E-state index contributed by atoms with van der Waals surface area (Å²) in [6, 6.07) is 14.4. The largest absolute Gasteiger partial charge is 0.323 e. The fourth-order valence-electron chi connectivity index (χ4n) is 1.96. The van der Waals surface area contributed by atoms with Crippen molar-refractivity contribution in [3.05, 3.63) is 76.5 Å². The number of nitrogens with one attached hydrogen (secondary N) is 2. The van der Waals surface area contributed by atoms with Crippen LogP contribution in [-0.4, -0.2) is 15.9 Å². The van der Waals surface area contributed by atoms with E-state index in [-0.39, 0.29) is 5.91 Å². The maximum atomic E-state index is 12.1. The normalized spacial score (nSPS) is 10.2. The van der Waals surface area contributed by atoms with Crippen molar-refractivity contribution < 1.29 is 4.79 Å². The predicted molar refractivity (Wildman–Crippen MR) is 96.2 cm³/mol. The number of carbonyl (C=O) groups is 1. The average molecular weight is 359 g/mol. The van der Waals surface area contributed by atoms with Gasteiger partial charge in [0.2, 0.25) is 5.95 Å². The van der Waals surface area contributed by atoms with Crippen molar-refractivity contribution in [3.63, 3.8) is 0 Å². The standard InChI is InChI=1S/C17H12Cl2N4O/c18-13-7-4-8-14(15(13)19)23-17-20-9-11(10-21-17)16(24)22-12-5-2-1-3-6-12/h1-10H,(H,22,24)(H,20,21,23). The summed E-state index contributed by atoms with van der Waals surface area (Å²) in [7, 11) is 0. The Kier molecular flexibility index (Phi) is 4.93. The summed E-state index contributed by atoms with van der Waals surface area (Å²) in [4.78, 5) is 20.4. The molecule has 3 rings (SSSR count). The topological polar surface area (TPSA) is 66.9 Å². The molecule has 5 nitrogen and oxygen atoms in total. The second-order valence-electron chi connectivity index (χ2n) is 4.84. The molecular formula is C17H12Cl2N4O. The Morgan fingerprint density at radius 1 is 0.917 bits per heavy atom. The molecule has 1 heterocycles. The first-order valence-corrected chi connectivity index (χ1v) is 7.78. The van der Waals surface area contributed by atoms with E-state index >= 15 is 0 Å². The number of rotatable bonds is 4. The molecule has 3 aromatic rings. The van der Waals surface area contributed by atoms with Crippen LogP contribution in [0.3, 0.4) is 0 Å². The molecule has 2 aromatic carbocycles. The van der Waals surface area contributed by atoms with Crippen LogP contribution in [0.1, 0.15) is 10.4 Å². The SMILES string of the molecule is O=C(Nc1ccccc1)c1cnc(Nc2cccc(Cl)c2Cl)nc1. The molecule has 1 aromatic heterocycles. The Morgan fingerprint density at radius 2 is 1.62 bits per heavy atom. The van der Waals surface area contributed by atoms with Crippen LogP contribution < -0.4 is 10.6 Å². The monoisotopic (exact) mass is 358 g/mol. The van der Waals surface area contributed by atoms with Gasteiger partial charge in [0.05, 0.1) is 21.3 Å². The van der Waals surface area contributed by atoms with Gasteiger partial charge < -0.3 is 10.6 Å². The molecule has 0 aliphatic carbocycles. The number of carbonyl (C=O) groups excluding carboxylic acids is 1. The van der Waals surface area contributed by atoms with Crippen molar-refractivity contribution in [2.24, 2.45) is 0 Å². The second kappa shape index (κ2) is 7.29. The van der Waals surface area contributed by atoms with E-state index in [2.05, 4.69) is 20.6 Å². The molecule has 0 saturated carbocycles. The van der Waals surface area contributed by atoms with E-state index in [1.807, 2.05) is 18.2 Å². The third-order valence-electron chi connectivity index (χ3n) is 3.14. The van der Waals surface area contributed by atoms with E-state index in [1.54, 1.807) is 30.3 Å². The number of benzene rings is 2. The summed E-state index contributed by atoms with van der Waals surface area (Å²) in [5, 5.41) is 6.54. The van der Waals surface area contributed by atoms with Gasteiger partial charge in [0.1, 0.15) is 0 Å². The van der Waals surface area contributed by atoms with Crippen LogP contribution in [0.2, 0.25) is 10.0 Å². The molecular weight excluding hydrogens is 347 g/mol. The number of halogens is 2. The number of aromatic nitrogens is 2. The van der Waals surface area contributed by atoms with Gasteiger partial charge in [-0.3, -0.25) is 4.79 Å². The van der Waals surface area contributed by atoms with E-state index in [9.17, 15) is 4.79 Å². The number of anilines is 3. The lowest BCUT2D eigenvalue weighted by molar-refractivity contribution is 0.102. The zero-order valence-corrected chi connectivity index (χ0v) is 13.8. The van der Waals surface area contributed by atoms with Crippen molar-refractivity contribution in [1.82, 2.24) is 9.97 Å². The van der Waals surface area contributed by atoms with Gasteiger partial charge >= 0.3 is 0 Å². The summed E-state index contributed by atoms with van der Waals surface area (Å²) >= 11 is 12.1. The summed E-state index contributed by atoms with van der Waals surface area (Å²) < 4.78 is 0. The van der Waals surface area contributed by atoms with E-state index in [4.69, 9.17) is 23.2 Å². The second-order valence-corrected chi connectivity index (χ2v) is 5.63. The fraction of sp³-hybridized carbons (Fsp3) is 0. The Balaban J connectivity index is 1.71. The Labute approximate surface area is 148 Å². The van der Waals surface area contributed by atoms with Crippen LogP contribution >= 0.6 is 23.2 Å². The highest BCUT2D eigenvalue weighted by molar-refractivity contribution is 6.43. The molecule has 0 saturated heterocycles. The van der Waals surface area contributed by atoms with Crippen molar-refractivity contribution >= 4 is 46.4 Å². The summed E-state index contributed by atoms with van der Waals surface area (Å²) in [5.74, 6) is 0.0314. The lowest BCUT2D eigenvalue weighted by atomic mass is 10.3. The predicted octanol–water partition coefficient (Wildman–Crippen LogP) is 4.78. The number of nitrogens with zero attached hydrogens (tertiary/aromatic N) is 2. The van der Waals surface area contributed by atoms with E-state index in [0.29, 0.717) is 32.9 Å². The molecule has 2 N–H and O–H groups in total. The first kappa shape index (κ1) is 16.2. The van der Waals surface area contributed by atoms with Gasteiger partial charge in [-0.25, -0.2) is 9.97 Å². The van der Waals surface area contributed by atoms with Gasteiger partial charge in [0.25, 0.3) is 5.91 Å². The zero-order chi connectivity index (χ0) is 16.9. The maximum absolute atomic E-state index is 12.1. The molecule has 120 valence electrons. The molecule has 24 heavy (non-hydrogen) atoms. The molecule has 0 aliphatic rings. The van der Waals surface area contributed by atoms with Crippen molar-refractivity contribution in [3.8, 4) is 0 Å². The smallest absolute Gasteiger partial charge is 0.258 e. The third-order valence-corrected chi connectivity index (χ3v) is 3.96. The molecule has 0 spiro atoms. The molecule has 0 radical (unpaired) electrons. The van der Waals surface area contributed by atoms with Gasteiger partial charge in [0.15, 0.2) is 0 Å². The summed E-state index contributed by atoms with van der Waals surface area (Å²) in [6.07, 6.45) is 2.87. The van der Waals surface area contributed by atoms with Gasteiger partial charge in [-0.1, -0.05) is 47.5 Å². The summed E-state index contributed by atoms with van der Waals surface area (Å²) in [5.41, 5.74) is 1.64. The maximum Gasteiger partial charge on any atom is 0.258 e. The van der Waals surface area contributed by atoms with Gasteiger partial charge in [-0.05, 0) is 24.3 Å². The lowest BCUT2D eigenvalue weighted by Crippen LogP contribution is -2.13. The van der Waals surface area contributed by atoms with Crippen LogP contribution in [0.5, 0.6) is 0 Å². The fourth-order valence-corrected chi connectivity index (χ4v) is 2.30. The number of hydrogen-bond donors (Lipinski definition) is 2. The highest BCUT2D eigenvalue weighted by atomic mass is 35.5. The molecule has 0 unspecified atom stereocenters. The molecule has 0 bridgehead atoms. The summed E-state index contributed by atoms with van der Waals surface area (Å²) in [6.45, 7) is 0. The number of hydrogen-bond acceptors (Lipinski definition) is 4. The van der Waals surface area contributed by atoms with Crippen molar-refractivity contribution in [1.29, 1.82) is 0 Å². The average Bonchev–Trinajstić information content (AvgIpc) is 2.60. The first-order chi connectivity index (χ1) is 11.6. The van der Waals surface area contributed by atoms with Gasteiger partial charge in [-0.15, -0.1) is 0 Å². The van der Waals surface area contributed by atoms with Gasteiger partial charge in [-0.2, -0.15) is 0 Å². The molecule has 1 amide bonds. The minimum atomic E-state index is -0.284. The highest BCUT2D eigenvalue weighted by Crippen LogP contribution is 2.30. The van der Waals surface area contributed by atoms with Crippen LogP contribution in [-0.2, 0) is 0 Å². The highest BCUT2D eigenvalue weighted by Gasteiger charge is 2.09. The van der Waals surface area contributed by atoms with Crippen LogP contribution in [0.15, 0.2) is 60.9 Å². The number of para-hydroxylation sites is 1. The Bertz CT molecular complexity index is 854. The lowest BCUT2D eigenvalue weighted by Gasteiger charge is -2.08. The zero-order valence-electron chi connectivity index (χ0n) is 12.3. The first-order valence-electron chi connectivity index (χ1n) is 7.03. The molecule has 0 atom stereocenters. The van der Waals surface area contributed by atoms with E-state index in [0.717, 1.165) is 0 Å². The molecule has 0 fully saturated rings. The minimum absolute atomic E-state index is 0.284. The van der Waals surface area contributed by atoms with Crippen LogP contribution in [0, 0.1) is 0 Å². The third kappa shape index (κ3) is 3.82. The van der Waals surface area contributed by atoms with E-state index in [1.165, 1.54) is 12.4 Å². The molecule has 0 aliphatic heterocycles. The van der Waals surface area contributed by atoms with Crippen molar-refractivity contribution in [2.75, 3.05) is 10.6 Å². The Hall–Kier alpha value is -2.63. The Morgan fingerprint density at radius 3 is 2.33 bits per heavy atom. The van der Waals surface area contributed by atoms with Crippen LogP contribution in [0.4, 0.5) is 17.3 Å². The van der Waals surface area contributed by atoms with Gasteiger partial charge in [0, 0.05) is 18.1 Å². The van der Waals surface area contributed by atoms with Crippen LogP contribution in [0.25, 0.3) is 0 Å². The number of amides is 1. The quantitative estimate of drug-likeness (QED) is 0.704. The van der Waals surface area contributed by atoms with Crippen molar-refractivity contribution in [2.45, 2.75) is 0 Å². The minimum Gasteiger partial charge on any atom is -0.323 e. The van der Waals surface area contributed by atoms with E-state index < -0.39 is 0 Å². The molecule has 7 heteroatoms.